The van der Waals surface area contributed by atoms with Gasteiger partial charge in [0.25, 0.3) is 0 Å². The van der Waals surface area contributed by atoms with Crippen LogP contribution < -0.4 is 5.32 Å². The summed E-state index contributed by atoms with van der Waals surface area (Å²) in [7, 11) is 0. The number of hydrogen-bond donors (Lipinski definition) is 2. The Hall–Kier alpha value is -1.32. The van der Waals surface area contributed by atoms with Crippen LogP contribution in [-0.2, 0) is 5.54 Å². The van der Waals surface area contributed by atoms with Crippen molar-refractivity contribution in [3.05, 3.63) is 64.1 Å². The van der Waals surface area contributed by atoms with Crippen molar-refractivity contribution in [1.29, 1.82) is 0 Å². The number of rotatable bonds is 4. The van der Waals surface area contributed by atoms with E-state index in [9.17, 15) is 5.11 Å². The van der Waals surface area contributed by atoms with Gasteiger partial charge in [-0.25, -0.2) is 0 Å². The molecule has 0 aliphatic heterocycles. The highest BCUT2D eigenvalue weighted by atomic mass is 79.9. The third kappa shape index (κ3) is 2.99. The third-order valence-corrected chi connectivity index (χ3v) is 4.03. The van der Waals surface area contributed by atoms with Crippen LogP contribution in [0.25, 0.3) is 0 Å². The minimum absolute atomic E-state index is 0.0178. The molecule has 0 amide bonds. The second-order valence-electron chi connectivity index (χ2n) is 4.91. The normalized spacial score (nSPS) is 13.9. The number of anilines is 1. The van der Waals surface area contributed by atoms with Crippen LogP contribution in [0.15, 0.2) is 53.0 Å². The summed E-state index contributed by atoms with van der Waals surface area (Å²) in [5.74, 6) is 0. The molecule has 2 nitrogen and oxygen atoms in total. The molecule has 100 valence electrons. The smallest absolute Gasteiger partial charge is 0.0839 e. The molecule has 0 aliphatic carbocycles. The van der Waals surface area contributed by atoms with Crippen LogP contribution in [0.1, 0.15) is 18.1 Å². The number of halogens is 1. The highest BCUT2D eigenvalue weighted by molar-refractivity contribution is 9.10. The number of aliphatic hydroxyl groups is 1. The topological polar surface area (TPSA) is 32.3 Å². The lowest BCUT2D eigenvalue weighted by atomic mass is 9.92. The van der Waals surface area contributed by atoms with E-state index in [2.05, 4.69) is 34.2 Å². The summed E-state index contributed by atoms with van der Waals surface area (Å²) in [5.41, 5.74) is 2.72. The van der Waals surface area contributed by atoms with Crippen LogP contribution in [0, 0.1) is 6.92 Å². The van der Waals surface area contributed by atoms with E-state index in [1.807, 2.05) is 49.4 Å². The molecule has 2 aromatic carbocycles. The standard InChI is InChI=1S/C16H18BrNO/c1-12-7-3-6-10-15(12)18-16(2,11-19)13-8-4-5-9-14(13)17/h3-10,18-19H,11H2,1-2H3. The number of hydrogen-bond acceptors (Lipinski definition) is 2. The van der Waals surface area contributed by atoms with E-state index in [1.54, 1.807) is 0 Å². The van der Waals surface area contributed by atoms with E-state index in [0.717, 1.165) is 21.3 Å². The largest absolute Gasteiger partial charge is 0.394 e. The van der Waals surface area contributed by atoms with Gasteiger partial charge in [0.2, 0.25) is 0 Å². The molecule has 0 bridgehead atoms. The molecule has 0 aliphatic rings. The van der Waals surface area contributed by atoms with Gasteiger partial charge in [0.1, 0.15) is 0 Å². The summed E-state index contributed by atoms with van der Waals surface area (Å²) in [6.07, 6.45) is 0. The fourth-order valence-corrected chi connectivity index (χ4v) is 2.83. The molecule has 0 heterocycles. The summed E-state index contributed by atoms with van der Waals surface area (Å²) in [6, 6.07) is 16.0. The minimum Gasteiger partial charge on any atom is -0.394 e. The first-order valence-corrected chi connectivity index (χ1v) is 7.06. The first kappa shape index (κ1) is 14.1. The number of aryl methyl sites for hydroxylation is 1. The Morgan fingerprint density at radius 3 is 2.37 bits per heavy atom. The highest BCUT2D eigenvalue weighted by Crippen LogP contribution is 2.32. The van der Waals surface area contributed by atoms with Crippen LogP contribution in [0.4, 0.5) is 5.69 Å². The molecular formula is C16H18BrNO. The second-order valence-corrected chi connectivity index (χ2v) is 5.76. The van der Waals surface area contributed by atoms with Crippen LogP contribution in [0.3, 0.4) is 0 Å². The zero-order chi connectivity index (χ0) is 13.9. The molecule has 0 saturated heterocycles. The molecular weight excluding hydrogens is 302 g/mol. The Morgan fingerprint density at radius 1 is 1.11 bits per heavy atom. The predicted octanol–water partition coefficient (Wildman–Crippen LogP) is 4.08. The Bertz CT molecular complexity index is 570. The molecule has 0 radical (unpaired) electrons. The monoisotopic (exact) mass is 319 g/mol. The Kier molecular flexibility index (Phi) is 4.27. The molecule has 2 aromatic rings. The molecule has 2 N–H and O–H groups in total. The molecule has 2 rings (SSSR count). The van der Waals surface area contributed by atoms with E-state index < -0.39 is 5.54 Å². The quantitative estimate of drug-likeness (QED) is 0.890. The number of aliphatic hydroxyl groups excluding tert-OH is 1. The van der Waals surface area contributed by atoms with Crippen molar-refractivity contribution in [2.75, 3.05) is 11.9 Å². The van der Waals surface area contributed by atoms with Gasteiger partial charge in [-0.2, -0.15) is 0 Å². The van der Waals surface area contributed by atoms with Gasteiger partial charge in [0.05, 0.1) is 12.1 Å². The van der Waals surface area contributed by atoms with Gasteiger partial charge in [0, 0.05) is 10.2 Å². The molecule has 1 atom stereocenters. The minimum atomic E-state index is -0.522. The maximum Gasteiger partial charge on any atom is 0.0839 e. The van der Waals surface area contributed by atoms with Gasteiger partial charge < -0.3 is 10.4 Å². The van der Waals surface area contributed by atoms with Crippen molar-refractivity contribution in [2.24, 2.45) is 0 Å². The van der Waals surface area contributed by atoms with Crippen molar-refractivity contribution >= 4 is 21.6 Å². The van der Waals surface area contributed by atoms with Crippen molar-refractivity contribution in [3.8, 4) is 0 Å². The lowest BCUT2D eigenvalue weighted by Gasteiger charge is -2.32. The summed E-state index contributed by atoms with van der Waals surface area (Å²) < 4.78 is 0.993. The van der Waals surface area contributed by atoms with Crippen LogP contribution in [-0.4, -0.2) is 11.7 Å². The van der Waals surface area contributed by atoms with Gasteiger partial charge in [-0.05, 0) is 37.1 Å². The van der Waals surface area contributed by atoms with Crippen LogP contribution in [0.2, 0.25) is 0 Å². The molecule has 0 aromatic heterocycles. The maximum absolute atomic E-state index is 9.83. The van der Waals surface area contributed by atoms with Gasteiger partial charge >= 0.3 is 0 Å². The molecule has 19 heavy (non-hydrogen) atoms. The number of nitrogens with one attached hydrogen (secondary N) is 1. The number of para-hydroxylation sites is 1. The second kappa shape index (κ2) is 5.76. The first-order valence-electron chi connectivity index (χ1n) is 6.26. The predicted molar refractivity (Wildman–Crippen MR) is 83.4 cm³/mol. The van der Waals surface area contributed by atoms with E-state index in [1.165, 1.54) is 0 Å². The van der Waals surface area contributed by atoms with Gasteiger partial charge in [0.15, 0.2) is 0 Å². The summed E-state index contributed by atoms with van der Waals surface area (Å²) in [6.45, 7) is 4.07. The Labute approximate surface area is 122 Å². The van der Waals surface area contributed by atoms with Crippen LogP contribution >= 0.6 is 15.9 Å². The zero-order valence-corrected chi connectivity index (χ0v) is 12.7. The summed E-state index contributed by atoms with van der Waals surface area (Å²) in [5, 5.41) is 13.3. The third-order valence-electron chi connectivity index (χ3n) is 3.34. The maximum atomic E-state index is 9.83. The van der Waals surface area contributed by atoms with Gasteiger partial charge in [-0.15, -0.1) is 0 Å². The van der Waals surface area contributed by atoms with E-state index in [0.29, 0.717) is 0 Å². The van der Waals surface area contributed by atoms with Gasteiger partial charge in [-0.1, -0.05) is 52.3 Å². The van der Waals surface area contributed by atoms with Gasteiger partial charge in [-0.3, -0.25) is 0 Å². The fraction of sp³-hybridized carbons (Fsp3) is 0.250. The zero-order valence-electron chi connectivity index (χ0n) is 11.2. The lowest BCUT2D eigenvalue weighted by molar-refractivity contribution is 0.223. The number of benzene rings is 2. The Balaban J connectivity index is 2.39. The Morgan fingerprint density at radius 2 is 1.74 bits per heavy atom. The first-order chi connectivity index (χ1) is 9.07. The highest BCUT2D eigenvalue weighted by Gasteiger charge is 2.27. The molecule has 1 unspecified atom stereocenters. The average Bonchev–Trinajstić information content (AvgIpc) is 2.42. The van der Waals surface area contributed by atoms with Crippen molar-refractivity contribution in [3.63, 3.8) is 0 Å². The van der Waals surface area contributed by atoms with E-state index >= 15 is 0 Å². The summed E-state index contributed by atoms with van der Waals surface area (Å²) in [4.78, 5) is 0. The average molecular weight is 320 g/mol. The van der Waals surface area contributed by atoms with E-state index in [-0.39, 0.29) is 6.61 Å². The van der Waals surface area contributed by atoms with E-state index in [4.69, 9.17) is 0 Å². The van der Waals surface area contributed by atoms with Crippen molar-refractivity contribution in [2.45, 2.75) is 19.4 Å². The SMILES string of the molecule is Cc1ccccc1NC(C)(CO)c1ccccc1Br. The fourth-order valence-electron chi connectivity index (χ4n) is 2.11. The van der Waals surface area contributed by atoms with Crippen molar-refractivity contribution < 1.29 is 5.11 Å². The molecule has 0 spiro atoms. The molecule has 0 saturated carbocycles. The summed E-state index contributed by atoms with van der Waals surface area (Å²) >= 11 is 3.55. The molecule has 3 heteroatoms. The molecule has 0 fully saturated rings. The van der Waals surface area contributed by atoms with Crippen LogP contribution in [0.5, 0.6) is 0 Å². The van der Waals surface area contributed by atoms with Crippen molar-refractivity contribution in [1.82, 2.24) is 0 Å². The lowest BCUT2D eigenvalue weighted by Crippen LogP contribution is -2.36.